The van der Waals surface area contributed by atoms with Crippen molar-refractivity contribution in [2.24, 2.45) is 0 Å². The summed E-state index contributed by atoms with van der Waals surface area (Å²) in [7, 11) is 0. The van der Waals surface area contributed by atoms with Crippen LogP contribution in [-0.2, 0) is 5.75 Å². The second-order valence-corrected chi connectivity index (χ2v) is 3.50. The minimum Gasteiger partial charge on any atom is -0.478 e. The largest absolute Gasteiger partial charge is 0.478 e. The number of halogens is 1. The molecule has 64 valence electrons. The van der Waals surface area contributed by atoms with E-state index in [1.807, 2.05) is 0 Å². The summed E-state index contributed by atoms with van der Waals surface area (Å²) in [6.45, 7) is 0. The summed E-state index contributed by atoms with van der Waals surface area (Å²) in [5, 5.41) is 8.77. The van der Waals surface area contributed by atoms with Gasteiger partial charge in [0.25, 0.3) is 0 Å². The molecule has 0 amide bonds. The van der Waals surface area contributed by atoms with Crippen molar-refractivity contribution in [2.75, 3.05) is 0 Å². The zero-order chi connectivity index (χ0) is 9.14. The summed E-state index contributed by atoms with van der Waals surface area (Å²) in [5.41, 5.74) is 1.04. The Balaban J connectivity index is 3.21. The molecule has 1 rings (SSSR count). The molecule has 0 aliphatic heterocycles. The van der Waals surface area contributed by atoms with Gasteiger partial charge in [-0.05, 0) is 17.7 Å². The van der Waals surface area contributed by atoms with Gasteiger partial charge in [0.1, 0.15) is 0 Å². The molecule has 0 radical (unpaired) electrons. The topological polar surface area (TPSA) is 37.3 Å². The fraction of sp³-hybridized carbons (Fsp3) is 0.125. The van der Waals surface area contributed by atoms with E-state index in [-0.39, 0.29) is 0 Å². The maximum atomic E-state index is 10.7. The minimum atomic E-state index is -0.916. The first-order valence-corrected chi connectivity index (χ1v) is 4.70. The predicted octanol–water partition coefficient (Wildman–Crippen LogP) is 2.58. The lowest BCUT2D eigenvalue weighted by atomic mass is 10.1. The standard InChI is InChI=1S/C8H7BrO2S/c9-6-2-1-5(4-12)7(3-6)8(10)11/h1-3,12H,4H2,(H,10,11). The highest BCUT2D eigenvalue weighted by atomic mass is 79.9. The third-order valence-electron chi connectivity index (χ3n) is 1.47. The summed E-state index contributed by atoms with van der Waals surface area (Å²) in [5.74, 6) is -0.477. The lowest BCUT2D eigenvalue weighted by Gasteiger charge is -2.02. The van der Waals surface area contributed by atoms with Gasteiger partial charge in [-0.3, -0.25) is 0 Å². The number of carboxylic acid groups (broad SMARTS) is 1. The Labute approximate surface area is 84.1 Å². The third kappa shape index (κ3) is 2.01. The van der Waals surface area contributed by atoms with Crippen molar-refractivity contribution in [1.29, 1.82) is 0 Å². The Kier molecular flexibility index (Phi) is 3.17. The second-order valence-electron chi connectivity index (χ2n) is 2.26. The maximum absolute atomic E-state index is 10.7. The molecule has 0 aliphatic carbocycles. The van der Waals surface area contributed by atoms with E-state index in [0.717, 1.165) is 10.0 Å². The molecule has 12 heavy (non-hydrogen) atoms. The van der Waals surface area contributed by atoms with Gasteiger partial charge in [-0.25, -0.2) is 4.79 Å². The molecule has 0 atom stereocenters. The fourth-order valence-corrected chi connectivity index (χ4v) is 1.52. The van der Waals surface area contributed by atoms with Gasteiger partial charge in [0.2, 0.25) is 0 Å². The van der Waals surface area contributed by atoms with Crippen molar-refractivity contribution >= 4 is 34.5 Å². The van der Waals surface area contributed by atoms with Gasteiger partial charge in [-0.2, -0.15) is 12.6 Å². The highest BCUT2D eigenvalue weighted by Crippen LogP contribution is 2.17. The van der Waals surface area contributed by atoms with E-state index in [1.54, 1.807) is 18.2 Å². The molecule has 0 spiro atoms. The molecular weight excluding hydrogens is 240 g/mol. The molecule has 0 unspecified atom stereocenters. The van der Waals surface area contributed by atoms with Crippen LogP contribution < -0.4 is 0 Å². The van der Waals surface area contributed by atoms with Crippen LogP contribution in [0.4, 0.5) is 0 Å². The molecule has 0 saturated carbocycles. The van der Waals surface area contributed by atoms with Crippen molar-refractivity contribution < 1.29 is 9.90 Å². The maximum Gasteiger partial charge on any atom is 0.336 e. The predicted molar refractivity (Wildman–Crippen MR) is 53.8 cm³/mol. The second kappa shape index (κ2) is 3.96. The van der Waals surface area contributed by atoms with Gasteiger partial charge < -0.3 is 5.11 Å². The highest BCUT2D eigenvalue weighted by molar-refractivity contribution is 9.10. The Morgan fingerprint density at radius 1 is 1.58 bits per heavy atom. The Morgan fingerprint density at radius 2 is 2.25 bits per heavy atom. The van der Waals surface area contributed by atoms with Gasteiger partial charge in [0.15, 0.2) is 0 Å². The van der Waals surface area contributed by atoms with E-state index in [2.05, 4.69) is 28.6 Å². The SMILES string of the molecule is O=C(O)c1cc(Br)ccc1CS. The van der Waals surface area contributed by atoms with E-state index in [9.17, 15) is 4.79 Å². The first-order chi connectivity index (χ1) is 5.65. The summed E-state index contributed by atoms with van der Waals surface area (Å²) < 4.78 is 0.769. The lowest BCUT2D eigenvalue weighted by molar-refractivity contribution is 0.0696. The average Bonchev–Trinajstić information content (AvgIpc) is 2.04. The normalized spacial score (nSPS) is 9.83. The van der Waals surface area contributed by atoms with Crippen LogP contribution in [0.1, 0.15) is 15.9 Å². The summed E-state index contributed by atoms with van der Waals surface area (Å²) in [6.07, 6.45) is 0. The number of rotatable bonds is 2. The van der Waals surface area contributed by atoms with Gasteiger partial charge >= 0.3 is 5.97 Å². The smallest absolute Gasteiger partial charge is 0.336 e. The van der Waals surface area contributed by atoms with Crippen LogP contribution in [0, 0.1) is 0 Å². The van der Waals surface area contributed by atoms with Gasteiger partial charge in [0.05, 0.1) is 5.56 Å². The number of aromatic carboxylic acids is 1. The number of carbonyl (C=O) groups is 1. The fourth-order valence-electron chi connectivity index (χ4n) is 0.886. The first kappa shape index (κ1) is 9.61. The summed E-state index contributed by atoms with van der Waals surface area (Å²) in [4.78, 5) is 10.7. The zero-order valence-corrected chi connectivity index (χ0v) is 8.60. The van der Waals surface area contributed by atoms with E-state index >= 15 is 0 Å². The molecule has 1 aromatic rings. The molecule has 0 bridgehead atoms. The van der Waals surface area contributed by atoms with Crippen molar-refractivity contribution in [3.05, 3.63) is 33.8 Å². The molecule has 2 nitrogen and oxygen atoms in total. The van der Waals surface area contributed by atoms with Crippen LogP contribution in [0.5, 0.6) is 0 Å². The van der Waals surface area contributed by atoms with E-state index in [1.165, 1.54) is 0 Å². The molecule has 4 heteroatoms. The molecule has 0 aromatic heterocycles. The number of thiol groups is 1. The van der Waals surface area contributed by atoms with Gasteiger partial charge in [0, 0.05) is 10.2 Å². The third-order valence-corrected chi connectivity index (χ3v) is 2.31. The molecular formula is C8H7BrO2S. The van der Waals surface area contributed by atoms with E-state index in [4.69, 9.17) is 5.11 Å². The lowest BCUT2D eigenvalue weighted by Crippen LogP contribution is -2.00. The zero-order valence-electron chi connectivity index (χ0n) is 6.12. The Hall–Kier alpha value is -0.480. The van der Waals surface area contributed by atoms with E-state index in [0.29, 0.717) is 11.3 Å². The monoisotopic (exact) mass is 246 g/mol. The van der Waals surface area contributed by atoms with Gasteiger partial charge in [-0.15, -0.1) is 0 Å². The molecule has 1 aromatic carbocycles. The number of hydrogen-bond donors (Lipinski definition) is 2. The van der Waals surface area contributed by atoms with Crippen molar-refractivity contribution in [3.8, 4) is 0 Å². The minimum absolute atomic E-state index is 0.305. The molecule has 1 N–H and O–H groups in total. The molecule has 0 aliphatic rings. The number of carboxylic acids is 1. The summed E-state index contributed by atoms with van der Waals surface area (Å²) in [6, 6.07) is 5.13. The molecule has 0 heterocycles. The Bertz CT molecular complexity index is 312. The average molecular weight is 247 g/mol. The molecule has 0 saturated heterocycles. The number of hydrogen-bond acceptors (Lipinski definition) is 2. The molecule has 0 fully saturated rings. The highest BCUT2D eigenvalue weighted by Gasteiger charge is 2.08. The van der Waals surface area contributed by atoms with Crippen molar-refractivity contribution in [1.82, 2.24) is 0 Å². The quantitative estimate of drug-likeness (QED) is 0.788. The summed E-state index contributed by atoms with van der Waals surface area (Å²) >= 11 is 7.24. The van der Waals surface area contributed by atoms with Crippen LogP contribution in [0.25, 0.3) is 0 Å². The first-order valence-electron chi connectivity index (χ1n) is 3.27. The van der Waals surface area contributed by atoms with Crippen molar-refractivity contribution in [2.45, 2.75) is 5.75 Å². The van der Waals surface area contributed by atoms with Crippen LogP contribution in [-0.4, -0.2) is 11.1 Å². The van der Waals surface area contributed by atoms with Crippen LogP contribution in [0.15, 0.2) is 22.7 Å². The van der Waals surface area contributed by atoms with Crippen LogP contribution >= 0.6 is 28.6 Å². The van der Waals surface area contributed by atoms with E-state index < -0.39 is 5.97 Å². The number of benzene rings is 1. The van der Waals surface area contributed by atoms with Crippen LogP contribution in [0.2, 0.25) is 0 Å². The van der Waals surface area contributed by atoms with Crippen molar-refractivity contribution in [3.63, 3.8) is 0 Å². The van der Waals surface area contributed by atoms with Gasteiger partial charge in [-0.1, -0.05) is 22.0 Å². The Morgan fingerprint density at radius 3 is 2.75 bits per heavy atom. The van der Waals surface area contributed by atoms with Crippen LogP contribution in [0.3, 0.4) is 0 Å².